The van der Waals surface area contributed by atoms with Crippen molar-refractivity contribution in [2.45, 2.75) is 38.5 Å². The summed E-state index contributed by atoms with van der Waals surface area (Å²) in [5.41, 5.74) is 2.77. The van der Waals surface area contributed by atoms with Gasteiger partial charge in [-0.15, -0.1) is 0 Å². The molecule has 2 heterocycles. The van der Waals surface area contributed by atoms with Crippen molar-refractivity contribution in [3.05, 3.63) is 54.1 Å². The quantitative estimate of drug-likeness (QED) is 0.790. The van der Waals surface area contributed by atoms with E-state index in [1.807, 2.05) is 6.20 Å². The van der Waals surface area contributed by atoms with E-state index in [0.717, 1.165) is 12.3 Å². The van der Waals surface area contributed by atoms with Gasteiger partial charge in [-0.05, 0) is 69.6 Å². The number of aromatic amines is 1. The lowest BCUT2D eigenvalue weighted by Crippen LogP contribution is -2.35. The molecule has 118 valence electrons. The zero-order valence-electron chi connectivity index (χ0n) is 13.4. The van der Waals surface area contributed by atoms with Crippen LogP contribution in [0.4, 0.5) is 0 Å². The fourth-order valence-corrected chi connectivity index (χ4v) is 3.43. The van der Waals surface area contributed by atoms with Crippen LogP contribution in [0, 0.1) is 5.92 Å². The molecule has 0 aliphatic carbocycles. The molecule has 1 fully saturated rings. The average molecular weight is 297 g/mol. The Kier molecular flexibility index (Phi) is 5.66. The van der Waals surface area contributed by atoms with Gasteiger partial charge in [0.15, 0.2) is 0 Å². The van der Waals surface area contributed by atoms with Crippen molar-refractivity contribution < 1.29 is 0 Å². The maximum absolute atomic E-state index is 4.07. The van der Waals surface area contributed by atoms with Crippen LogP contribution in [0.25, 0.3) is 0 Å². The first-order valence-electron chi connectivity index (χ1n) is 8.63. The highest BCUT2D eigenvalue weighted by Gasteiger charge is 2.18. The minimum absolute atomic E-state index is 0.878. The lowest BCUT2D eigenvalue weighted by Gasteiger charge is -2.32. The summed E-state index contributed by atoms with van der Waals surface area (Å²) < 4.78 is 0. The Morgan fingerprint density at radius 1 is 1.09 bits per heavy atom. The lowest BCUT2D eigenvalue weighted by atomic mass is 9.90. The van der Waals surface area contributed by atoms with Gasteiger partial charge in [0.25, 0.3) is 0 Å². The summed E-state index contributed by atoms with van der Waals surface area (Å²) in [4.78, 5) is 9.89. The third-order valence-corrected chi connectivity index (χ3v) is 4.80. The number of likely N-dealkylation sites (tertiary alicyclic amines) is 1. The molecule has 0 saturated carbocycles. The summed E-state index contributed by atoms with van der Waals surface area (Å²) in [6.07, 6.45) is 11.4. The van der Waals surface area contributed by atoms with Crippen molar-refractivity contribution in [2.75, 3.05) is 19.6 Å². The van der Waals surface area contributed by atoms with Gasteiger partial charge in [-0.3, -0.25) is 0 Å². The predicted molar refractivity (Wildman–Crippen MR) is 90.8 cm³/mol. The maximum Gasteiger partial charge on any atom is 0.0921 e. The summed E-state index contributed by atoms with van der Waals surface area (Å²) >= 11 is 0. The molecule has 1 aromatic carbocycles. The SMILES string of the molecule is c1ccc(CC2CCN(CCCCc3cnc[nH]3)CC2)cc1. The van der Waals surface area contributed by atoms with Crippen molar-refractivity contribution in [2.24, 2.45) is 5.92 Å². The molecule has 22 heavy (non-hydrogen) atoms. The van der Waals surface area contributed by atoms with Gasteiger partial charge < -0.3 is 9.88 Å². The number of unbranched alkanes of at least 4 members (excludes halogenated alkanes) is 1. The van der Waals surface area contributed by atoms with E-state index < -0.39 is 0 Å². The van der Waals surface area contributed by atoms with Gasteiger partial charge >= 0.3 is 0 Å². The van der Waals surface area contributed by atoms with Crippen LogP contribution >= 0.6 is 0 Å². The number of aryl methyl sites for hydroxylation is 1. The zero-order valence-corrected chi connectivity index (χ0v) is 13.4. The van der Waals surface area contributed by atoms with Crippen LogP contribution < -0.4 is 0 Å². The number of piperidine rings is 1. The highest BCUT2D eigenvalue weighted by Crippen LogP contribution is 2.21. The summed E-state index contributed by atoms with van der Waals surface area (Å²) in [5.74, 6) is 0.878. The van der Waals surface area contributed by atoms with Gasteiger partial charge in [-0.1, -0.05) is 30.3 Å². The number of H-pyrrole nitrogens is 1. The molecule has 3 nitrogen and oxygen atoms in total. The fourth-order valence-electron chi connectivity index (χ4n) is 3.43. The minimum Gasteiger partial charge on any atom is -0.348 e. The summed E-state index contributed by atoms with van der Waals surface area (Å²) in [5, 5.41) is 0. The monoisotopic (exact) mass is 297 g/mol. The van der Waals surface area contributed by atoms with E-state index in [2.05, 4.69) is 45.2 Å². The number of aromatic nitrogens is 2. The molecule has 1 aliphatic rings. The maximum atomic E-state index is 4.07. The number of nitrogens with one attached hydrogen (secondary N) is 1. The Bertz CT molecular complexity index is 513. The zero-order chi connectivity index (χ0) is 15.0. The van der Waals surface area contributed by atoms with E-state index in [1.54, 1.807) is 6.33 Å². The van der Waals surface area contributed by atoms with Crippen LogP contribution in [0.1, 0.15) is 36.9 Å². The number of imidazole rings is 1. The van der Waals surface area contributed by atoms with Crippen molar-refractivity contribution in [3.63, 3.8) is 0 Å². The van der Waals surface area contributed by atoms with Crippen LogP contribution in [-0.4, -0.2) is 34.5 Å². The van der Waals surface area contributed by atoms with Crippen LogP contribution in [0.5, 0.6) is 0 Å². The first-order chi connectivity index (χ1) is 10.9. The summed E-state index contributed by atoms with van der Waals surface area (Å²) in [6, 6.07) is 11.0. The highest BCUT2D eigenvalue weighted by molar-refractivity contribution is 5.15. The molecule has 1 saturated heterocycles. The lowest BCUT2D eigenvalue weighted by molar-refractivity contribution is 0.181. The Balaban J connectivity index is 1.30. The topological polar surface area (TPSA) is 31.9 Å². The van der Waals surface area contributed by atoms with E-state index in [4.69, 9.17) is 0 Å². The van der Waals surface area contributed by atoms with E-state index in [-0.39, 0.29) is 0 Å². The van der Waals surface area contributed by atoms with Gasteiger partial charge in [-0.25, -0.2) is 4.98 Å². The minimum atomic E-state index is 0.878. The molecule has 0 bridgehead atoms. The second-order valence-electron chi connectivity index (χ2n) is 6.51. The highest BCUT2D eigenvalue weighted by atomic mass is 15.1. The van der Waals surface area contributed by atoms with E-state index in [1.165, 1.54) is 63.0 Å². The largest absolute Gasteiger partial charge is 0.348 e. The Hall–Kier alpha value is -1.61. The molecule has 0 amide bonds. The van der Waals surface area contributed by atoms with Gasteiger partial charge in [0.1, 0.15) is 0 Å². The molecular formula is C19H27N3. The molecule has 2 aromatic rings. The van der Waals surface area contributed by atoms with Crippen LogP contribution in [-0.2, 0) is 12.8 Å². The van der Waals surface area contributed by atoms with Crippen molar-refractivity contribution >= 4 is 0 Å². The Morgan fingerprint density at radius 3 is 2.64 bits per heavy atom. The van der Waals surface area contributed by atoms with Gasteiger partial charge in [-0.2, -0.15) is 0 Å². The summed E-state index contributed by atoms with van der Waals surface area (Å²) in [6.45, 7) is 3.81. The second kappa shape index (κ2) is 8.14. The van der Waals surface area contributed by atoms with E-state index in [0.29, 0.717) is 0 Å². The number of nitrogens with zero attached hydrogens (tertiary/aromatic N) is 2. The first-order valence-corrected chi connectivity index (χ1v) is 8.63. The average Bonchev–Trinajstić information content (AvgIpc) is 3.07. The van der Waals surface area contributed by atoms with Crippen LogP contribution in [0.2, 0.25) is 0 Å². The second-order valence-corrected chi connectivity index (χ2v) is 6.51. The predicted octanol–water partition coefficient (Wildman–Crippen LogP) is 3.69. The number of hydrogen-bond donors (Lipinski definition) is 1. The van der Waals surface area contributed by atoms with E-state index in [9.17, 15) is 0 Å². The molecule has 1 aliphatic heterocycles. The molecule has 3 rings (SSSR count). The van der Waals surface area contributed by atoms with Crippen LogP contribution in [0.15, 0.2) is 42.9 Å². The number of rotatable bonds is 7. The normalized spacial score (nSPS) is 16.9. The Labute approximate surface area is 133 Å². The Morgan fingerprint density at radius 2 is 1.91 bits per heavy atom. The fraction of sp³-hybridized carbons (Fsp3) is 0.526. The van der Waals surface area contributed by atoms with Crippen molar-refractivity contribution in [1.29, 1.82) is 0 Å². The molecule has 0 atom stereocenters. The third-order valence-electron chi connectivity index (χ3n) is 4.80. The number of hydrogen-bond acceptors (Lipinski definition) is 2. The van der Waals surface area contributed by atoms with Gasteiger partial charge in [0, 0.05) is 11.9 Å². The van der Waals surface area contributed by atoms with Gasteiger partial charge in [0.05, 0.1) is 6.33 Å². The van der Waals surface area contributed by atoms with Gasteiger partial charge in [0.2, 0.25) is 0 Å². The molecular weight excluding hydrogens is 270 g/mol. The third kappa shape index (κ3) is 4.70. The van der Waals surface area contributed by atoms with Crippen molar-refractivity contribution in [1.82, 2.24) is 14.9 Å². The molecule has 0 spiro atoms. The summed E-state index contributed by atoms with van der Waals surface area (Å²) in [7, 11) is 0. The smallest absolute Gasteiger partial charge is 0.0921 e. The van der Waals surface area contributed by atoms with E-state index >= 15 is 0 Å². The first kappa shape index (κ1) is 15.3. The molecule has 1 aromatic heterocycles. The standard InChI is InChI=1S/C19H27N3/c1-2-6-17(7-3-1)14-18-9-12-22(13-10-18)11-5-4-8-19-15-20-16-21-19/h1-3,6-7,15-16,18H,4-5,8-14H2,(H,20,21). The molecule has 3 heteroatoms. The molecule has 0 unspecified atom stereocenters. The number of benzene rings is 1. The molecule has 0 radical (unpaired) electrons. The molecule has 1 N–H and O–H groups in total. The van der Waals surface area contributed by atoms with Crippen molar-refractivity contribution in [3.8, 4) is 0 Å². The van der Waals surface area contributed by atoms with Crippen LogP contribution in [0.3, 0.4) is 0 Å².